The van der Waals surface area contributed by atoms with Crippen LogP contribution in [-0.2, 0) is 4.74 Å². The Balaban J connectivity index is 2.65. The molecule has 0 bridgehead atoms. The Morgan fingerprint density at radius 1 is 1.40 bits per heavy atom. The molecule has 0 saturated heterocycles. The van der Waals surface area contributed by atoms with Crippen LogP contribution in [-0.4, -0.2) is 48.5 Å². The fourth-order valence-electron chi connectivity index (χ4n) is 1.10. The summed E-state index contributed by atoms with van der Waals surface area (Å²) in [5.74, 6) is -0.0862. The van der Waals surface area contributed by atoms with E-state index in [0.29, 0.717) is 25.6 Å². The summed E-state index contributed by atoms with van der Waals surface area (Å²) in [6.07, 6.45) is 2.19. The van der Waals surface area contributed by atoms with Crippen LogP contribution in [0.3, 0.4) is 0 Å². The summed E-state index contributed by atoms with van der Waals surface area (Å²) >= 11 is 0. The number of aliphatic hydroxyl groups excluding tert-OH is 1. The molecule has 0 aliphatic carbocycles. The van der Waals surface area contributed by atoms with Crippen LogP contribution in [0.5, 0.6) is 0 Å². The van der Waals surface area contributed by atoms with E-state index in [2.05, 4.69) is 9.97 Å². The van der Waals surface area contributed by atoms with E-state index < -0.39 is 5.82 Å². The maximum Gasteiger partial charge on any atom is 0.225 e. The van der Waals surface area contributed by atoms with Crippen LogP contribution < -0.4 is 4.90 Å². The Hall–Kier alpha value is -1.27. The van der Waals surface area contributed by atoms with Gasteiger partial charge in [0.25, 0.3) is 0 Å². The zero-order valence-electron chi connectivity index (χ0n) is 8.56. The second-order valence-corrected chi connectivity index (χ2v) is 2.90. The quantitative estimate of drug-likeness (QED) is 0.727. The highest BCUT2D eigenvalue weighted by Gasteiger charge is 2.08. The molecule has 0 radical (unpaired) electrons. The van der Waals surface area contributed by atoms with Crippen LogP contribution in [0.1, 0.15) is 0 Å². The van der Waals surface area contributed by atoms with Gasteiger partial charge in [-0.05, 0) is 0 Å². The number of nitrogens with zero attached hydrogens (tertiary/aromatic N) is 3. The highest BCUT2D eigenvalue weighted by molar-refractivity contribution is 5.28. The van der Waals surface area contributed by atoms with Crippen molar-refractivity contribution in [2.24, 2.45) is 0 Å². The van der Waals surface area contributed by atoms with E-state index in [0.717, 1.165) is 12.4 Å². The van der Waals surface area contributed by atoms with Crippen LogP contribution in [0.25, 0.3) is 0 Å². The fourth-order valence-corrected chi connectivity index (χ4v) is 1.10. The summed E-state index contributed by atoms with van der Waals surface area (Å²) in [4.78, 5) is 9.37. The first-order chi connectivity index (χ1) is 7.27. The molecule has 6 heteroatoms. The van der Waals surface area contributed by atoms with Gasteiger partial charge < -0.3 is 14.7 Å². The zero-order valence-corrected chi connectivity index (χ0v) is 8.56. The molecule has 0 aromatic carbocycles. The van der Waals surface area contributed by atoms with Gasteiger partial charge in [-0.2, -0.15) is 0 Å². The van der Waals surface area contributed by atoms with E-state index in [-0.39, 0.29) is 6.61 Å². The average Bonchev–Trinajstić information content (AvgIpc) is 2.25. The van der Waals surface area contributed by atoms with E-state index in [1.165, 1.54) is 0 Å². The normalized spacial score (nSPS) is 10.3. The van der Waals surface area contributed by atoms with Crippen molar-refractivity contribution in [1.82, 2.24) is 9.97 Å². The summed E-state index contributed by atoms with van der Waals surface area (Å²) in [6.45, 7) is 1.45. The fraction of sp³-hybridized carbons (Fsp3) is 0.556. The summed E-state index contributed by atoms with van der Waals surface area (Å²) in [5, 5.41) is 8.84. The van der Waals surface area contributed by atoms with Gasteiger partial charge in [0.15, 0.2) is 5.82 Å². The van der Waals surface area contributed by atoms with Crippen molar-refractivity contribution in [3.05, 3.63) is 18.2 Å². The minimum atomic E-state index is -0.477. The van der Waals surface area contributed by atoms with Crippen LogP contribution in [0.4, 0.5) is 10.3 Å². The molecular weight excluding hydrogens is 201 g/mol. The maximum absolute atomic E-state index is 12.6. The number of ether oxygens (including phenoxy) is 1. The number of hydrogen-bond donors (Lipinski definition) is 1. The van der Waals surface area contributed by atoms with E-state index in [1.807, 2.05) is 0 Å². The van der Waals surface area contributed by atoms with E-state index in [9.17, 15) is 4.39 Å². The first-order valence-electron chi connectivity index (χ1n) is 4.60. The molecule has 1 N–H and O–H groups in total. The molecule has 0 aliphatic heterocycles. The molecule has 1 aromatic rings. The third-order valence-corrected chi connectivity index (χ3v) is 1.82. The number of hydrogen-bond acceptors (Lipinski definition) is 5. The summed E-state index contributed by atoms with van der Waals surface area (Å²) < 4.78 is 17.5. The van der Waals surface area contributed by atoms with Gasteiger partial charge in [0, 0.05) is 20.2 Å². The van der Waals surface area contributed by atoms with Gasteiger partial charge in [0.1, 0.15) is 0 Å². The molecule has 0 fully saturated rings. The van der Waals surface area contributed by atoms with Crippen LogP contribution in [0.2, 0.25) is 0 Å². The Labute approximate surface area is 87.5 Å². The lowest BCUT2D eigenvalue weighted by Gasteiger charge is -2.20. The smallest absolute Gasteiger partial charge is 0.225 e. The van der Waals surface area contributed by atoms with Crippen molar-refractivity contribution in [3.8, 4) is 0 Å². The zero-order chi connectivity index (χ0) is 11.1. The molecule has 5 nitrogen and oxygen atoms in total. The molecule has 15 heavy (non-hydrogen) atoms. The number of anilines is 1. The molecular formula is C9H14FN3O2. The Kier molecular flexibility index (Phi) is 4.92. The highest BCUT2D eigenvalue weighted by atomic mass is 19.1. The van der Waals surface area contributed by atoms with Crippen molar-refractivity contribution in [3.63, 3.8) is 0 Å². The molecule has 0 saturated carbocycles. The van der Waals surface area contributed by atoms with Crippen molar-refractivity contribution in [2.45, 2.75) is 0 Å². The number of aromatic nitrogens is 2. The van der Waals surface area contributed by atoms with Crippen LogP contribution in [0.15, 0.2) is 12.4 Å². The summed E-state index contributed by atoms with van der Waals surface area (Å²) in [7, 11) is 1.59. The summed E-state index contributed by atoms with van der Waals surface area (Å²) in [5.41, 5.74) is 0. The van der Waals surface area contributed by atoms with Gasteiger partial charge in [-0.1, -0.05) is 0 Å². The topological polar surface area (TPSA) is 58.5 Å². The maximum atomic E-state index is 12.6. The van der Waals surface area contributed by atoms with E-state index >= 15 is 0 Å². The van der Waals surface area contributed by atoms with Crippen molar-refractivity contribution in [2.75, 3.05) is 38.3 Å². The largest absolute Gasteiger partial charge is 0.395 e. The first kappa shape index (κ1) is 11.8. The number of rotatable bonds is 6. The third-order valence-electron chi connectivity index (χ3n) is 1.82. The van der Waals surface area contributed by atoms with Crippen molar-refractivity contribution >= 4 is 5.95 Å². The Morgan fingerprint density at radius 2 is 2.07 bits per heavy atom. The van der Waals surface area contributed by atoms with E-state index in [4.69, 9.17) is 9.84 Å². The molecule has 1 rings (SSSR count). The first-order valence-corrected chi connectivity index (χ1v) is 4.60. The average molecular weight is 215 g/mol. The van der Waals surface area contributed by atoms with Gasteiger partial charge in [0.05, 0.1) is 25.6 Å². The number of halogens is 1. The predicted molar refractivity (Wildman–Crippen MR) is 53.2 cm³/mol. The number of methoxy groups -OCH3 is 1. The minimum absolute atomic E-state index is 0.00947. The van der Waals surface area contributed by atoms with Gasteiger partial charge in [-0.15, -0.1) is 0 Å². The van der Waals surface area contributed by atoms with Gasteiger partial charge in [-0.3, -0.25) is 0 Å². The molecule has 1 heterocycles. The standard InChI is InChI=1S/C9H14FN3O2/c1-15-5-3-13(2-4-14)9-11-6-8(10)7-12-9/h6-7,14H,2-5H2,1H3. The van der Waals surface area contributed by atoms with Crippen molar-refractivity contribution < 1.29 is 14.2 Å². The monoisotopic (exact) mass is 215 g/mol. The molecule has 0 amide bonds. The Morgan fingerprint density at radius 3 is 2.60 bits per heavy atom. The predicted octanol–water partition coefficient (Wildman–Crippen LogP) is 0.0608. The molecule has 0 aliphatic rings. The van der Waals surface area contributed by atoms with Crippen LogP contribution >= 0.6 is 0 Å². The molecule has 0 atom stereocenters. The lowest BCUT2D eigenvalue weighted by atomic mass is 10.5. The minimum Gasteiger partial charge on any atom is -0.395 e. The molecule has 1 aromatic heterocycles. The lowest BCUT2D eigenvalue weighted by molar-refractivity contribution is 0.202. The second kappa shape index (κ2) is 6.26. The second-order valence-electron chi connectivity index (χ2n) is 2.90. The third kappa shape index (κ3) is 3.77. The van der Waals surface area contributed by atoms with Gasteiger partial charge in [0.2, 0.25) is 5.95 Å². The lowest BCUT2D eigenvalue weighted by Crippen LogP contribution is -2.31. The SMILES string of the molecule is COCCN(CCO)c1ncc(F)cn1. The van der Waals surface area contributed by atoms with Crippen LogP contribution in [0, 0.1) is 5.82 Å². The highest BCUT2D eigenvalue weighted by Crippen LogP contribution is 2.05. The number of aliphatic hydroxyl groups is 1. The van der Waals surface area contributed by atoms with Gasteiger partial charge >= 0.3 is 0 Å². The van der Waals surface area contributed by atoms with Crippen molar-refractivity contribution in [1.29, 1.82) is 0 Å². The van der Waals surface area contributed by atoms with Gasteiger partial charge in [-0.25, -0.2) is 14.4 Å². The Bertz CT molecular complexity index is 281. The molecule has 0 unspecified atom stereocenters. The molecule has 0 spiro atoms. The molecule has 84 valence electrons. The summed E-state index contributed by atoms with van der Waals surface area (Å²) in [6, 6.07) is 0. The van der Waals surface area contributed by atoms with E-state index in [1.54, 1.807) is 12.0 Å².